The van der Waals surface area contributed by atoms with Gasteiger partial charge in [-0.25, -0.2) is 13.9 Å². The van der Waals surface area contributed by atoms with Gasteiger partial charge in [0.2, 0.25) is 6.33 Å². The summed E-state index contributed by atoms with van der Waals surface area (Å²) in [4.78, 5) is 10.7. The standard InChI is InChI=1S/C10H15N2O2.ClH/c1-3-10(13)14-8-4-5-12-7-6-11(2)9-12;/h3,6-7,9H,1,4-5,8H2,2H3;1H/q+1;/p-1. The van der Waals surface area contributed by atoms with Crippen LogP contribution in [-0.2, 0) is 23.1 Å². The molecule has 0 saturated heterocycles. The predicted molar refractivity (Wildman–Crippen MR) is 51.4 cm³/mol. The summed E-state index contributed by atoms with van der Waals surface area (Å²) in [6, 6.07) is 0. The molecule has 0 unspecified atom stereocenters. The molecule has 0 atom stereocenters. The Morgan fingerprint density at radius 2 is 2.40 bits per heavy atom. The van der Waals surface area contributed by atoms with Gasteiger partial charge in [0.15, 0.2) is 0 Å². The Balaban J connectivity index is 0.00000196. The molecule has 0 amide bonds. The van der Waals surface area contributed by atoms with E-state index in [1.165, 1.54) is 6.08 Å². The van der Waals surface area contributed by atoms with E-state index in [0.29, 0.717) is 6.61 Å². The second kappa shape index (κ2) is 7.06. The number of aromatic nitrogens is 2. The lowest BCUT2D eigenvalue weighted by Crippen LogP contribution is -3.00. The highest BCUT2D eigenvalue weighted by Crippen LogP contribution is 1.91. The van der Waals surface area contributed by atoms with E-state index in [1.54, 1.807) is 0 Å². The van der Waals surface area contributed by atoms with Crippen LogP contribution in [0.4, 0.5) is 0 Å². The molecule has 5 heteroatoms. The van der Waals surface area contributed by atoms with Gasteiger partial charge in [-0.15, -0.1) is 0 Å². The molecule has 1 aromatic rings. The smallest absolute Gasteiger partial charge is 0.330 e. The van der Waals surface area contributed by atoms with E-state index in [0.717, 1.165) is 13.0 Å². The van der Waals surface area contributed by atoms with Crippen LogP contribution < -0.4 is 17.0 Å². The number of nitrogens with zero attached hydrogens (tertiary/aromatic N) is 2. The Hall–Kier alpha value is -1.29. The number of imidazole rings is 1. The average Bonchev–Trinajstić information content (AvgIpc) is 2.58. The Morgan fingerprint density at radius 3 is 2.93 bits per heavy atom. The van der Waals surface area contributed by atoms with Crippen molar-refractivity contribution in [1.29, 1.82) is 0 Å². The Morgan fingerprint density at radius 1 is 1.67 bits per heavy atom. The van der Waals surface area contributed by atoms with E-state index >= 15 is 0 Å². The van der Waals surface area contributed by atoms with Crippen LogP contribution in [0.5, 0.6) is 0 Å². The number of aryl methyl sites for hydroxylation is 2. The van der Waals surface area contributed by atoms with Gasteiger partial charge in [0, 0.05) is 12.5 Å². The zero-order valence-electron chi connectivity index (χ0n) is 8.73. The quantitative estimate of drug-likeness (QED) is 0.241. The molecule has 84 valence electrons. The normalized spacial score (nSPS) is 9.13. The summed E-state index contributed by atoms with van der Waals surface area (Å²) in [5.41, 5.74) is 0. The number of hydrogen-bond donors (Lipinski definition) is 0. The fraction of sp³-hybridized carbons (Fsp3) is 0.400. The highest BCUT2D eigenvalue weighted by molar-refractivity contribution is 5.81. The number of hydrogen-bond acceptors (Lipinski definition) is 2. The van der Waals surface area contributed by atoms with Crippen molar-refractivity contribution in [1.82, 2.24) is 4.57 Å². The van der Waals surface area contributed by atoms with Crippen LogP contribution in [-0.4, -0.2) is 17.1 Å². The lowest BCUT2D eigenvalue weighted by atomic mass is 10.4. The van der Waals surface area contributed by atoms with Crippen LogP contribution in [0.15, 0.2) is 31.4 Å². The summed E-state index contributed by atoms with van der Waals surface area (Å²) in [7, 11) is 1.97. The number of rotatable bonds is 5. The molecule has 1 heterocycles. The molecule has 0 bridgehead atoms. The van der Waals surface area contributed by atoms with Crippen molar-refractivity contribution in [2.24, 2.45) is 7.05 Å². The molecule has 0 spiro atoms. The molecule has 0 aliphatic heterocycles. The third-order valence-corrected chi connectivity index (χ3v) is 1.80. The summed E-state index contributed by atoms with van der Waals surface area (Å²) in [5.74, 6) is -0.358. The van der Waals surface area contributed by atoms with Crippen LogP contribution in [0, 0.1) is 0 Å². The Kier molecular flexibility index (Phi) is 6.45. The molecule has 0 aliphatic rings. The molecule has 0 aliphatic carbocycles. The van der Waals surface area contributed by atoms with Crippen molar-refractivity contribution in [3.8, 4) is 0 Å². The van der Waals surface area contributed by atoms with E-state index in [-0.39, 0.29) is 18.4 Å². The number of esters is 1. The molecular formula is C10H15ClN2O2. The van der Waals surface area contributed by atoms with Gasteiger partial charge in [-0.1, -0.05) is 6.58 Å². The summed E-state index contributed by atoms with van der Waals surface area (Å²) in [6.45, 7) is 4.61. The zero-order chi connectivity index (χ0) is 10.4. The molecule has 1 rings (SSSR count). The van der Waals surface area contributed by atoms with E-state index < -0.39 is 0 Å². The van der Waals surface area contributed by atoms with Crippen molar-refractivity contribution in [3.05, 3.63) is 31.4 Å². The first-order chi connectivity index (χ1) is 6.72. The molecule has 4 nitrogen and oxygen atoms in total. The first-order valence-corrected chi connectivity index (χ1v) is 4.52. The van der Waals surface area contributed by atoms with Crippen molar-refractivity contribution < 1.29 is 26.5 Å². The number of carbonyl (C=O) groups is 1. The lowest BCUT2D eigenvalue weighted by molar-refractivity contribution is -0.671. The SMILES string of the molecule is C=CC(=O)OCCCn1cc[n+](C)c1.[Cl-]. The van der Waals surface area contributed by atoms with Crippen LogP contribution in [0.2, 0.25) is 0 Å². The number of ether oxygens (including phenoxy) is 1. The first-order valence-electron chi connectivity index (χ1n) is 4.52. The molecule has 0 saturated carbocycles. The van der Waals surface area contributed by atoms with Crippen molar-refractivity contribution in [2.45, 2.75) is 13.0 Å². The van der Waals surface area contributed by atoms with Crippen molar-refractivity contribution in [2.75, 3.05) is 6.61 Å². The van der Waals surface area contributed by atoms with Crippen molar-refractivity contribution >= 4 is 5.97 Å². The maximum Gasteiger partial charge on any atom is 0.330 e. The molecule has 0 fully saturated rings. The fourth-order valence-corrected chi connectivity index (χ4v) is 1.11. The van der Waals surface area contributed by atoms with Gasteiger partial charge in [-0.3, -0.25) is 0 Å². The van der Waals surface area contributed by atoms with Crippen LogP contribution >= 0.6 is 0 Å². The zero-order valence-corrected chi connectivity index (χ0v) is 9.48. The van der Waals surface area contributed by atoms with E-state index in [9.17, 15) is 4.79 Å². The van der Waals surface area contributed by atoms with Gasteiger partial charge in [0.05, 0.1) is 20.2 Å². The number of carbonyl (C=O) groups excluding carboxylic acids is 1. The van der Waals surface area contributed by atoms with Crippen LogP contribution in [0.25, 0.3) is 0 Å². The minimum atomic E-state index is -0.358. The van der Waals surface area contributed by atoms with Crippen LogP contribution in [0.3, 0.4) is 0 Å². The second-order valence-corrected chi connectivity index (χ2v) is 3.04. The van der Waals surface area contributed by atoms with E-state index in [1.807, 2.05) is 34.9 Å². The van der Waals surface area contributed by atoms with Gasteiger partial charge in [-0.2, -0.15) is 0 Å². The molecule has 0 radical (unpaired) electrons. The fourth-order valence-electron chi connectivity index (χ4n) is 1.11. The van der Waals surface area contributed by atoms with Gasteiger partial charge < -0.3 is 17.1 Å². The summed E-state index contributed by atoms with van der Waals surface area (Å²) in [6.07, 6.45) is 7.92. The highest BCUT2D eigenvalue weighted by atomic mass is 35.5. The van der Waals surface area contributed by atoms with Crippen LogP contribution in [0.1, 0.15) is 6.42 Å². The molecule has 0 N–H and O–H groups in total. The third kappa shape index (κ3) is 5.22. The number of halogens is 1. The van der Waals surface area contributed by atoms with E-state index in [4.69, 9.17) is 4.74 Å². The lowest BCUT2D eigenvalue weighted by Gasteiger charge is -1.99. The summed E-state index contributed by atoms with van der Waals surface area (Å²) < 4.78 is 8.85. The van der Waals surface area contributed by atoms with Gasteiger partial charge in [0.1, 0.15) is 12.4 Å². The van der Waals surface area contributed by atoms with Gasteiger partial charge >= 0.3 is 5.97 Å². The van der Waals surface area contributed by atoms with Gasteiger partial charge in [-0.05, 0) is 0 Å². The minimum Gasteiger partial charge on any atom is -1.00 e. The maximum atomic E-state index is 10.7. The molecular weight excluding hydrogens is 216 g/mol. The molecule has 0 aromatic carbocycles. The first kappa shape index (κ1) is 13.7. The predicted octanol–water partition coefficient (Wildman–Crippen LogP) is -2.56. The largest absolute Gasteiger partial charge is 1.00 e. The summed E-state index contributed by atoms with van der Waals surface area (Å²) in [5, 5.41) is 0. The second-order valence-electron chi connectivity index (χ2n) is 3.04. The van der Waals surface area contributed by atoms with Crippen molar-refractivity contribution in [3.63, 3.8) is 0 Å². The highest BCUT2D eigenvalue weighted by Gasteiger charge is 2.00. The monoisotopic (exact) mass is 230 g/mol. The van der Waals surface area contributed by atoms with Gasteiger partial charge in [0.25, 0.3) is 0 Å². The maximum absolute atomic E-state index is 10.7. The molecule has 1 aromatic heterocycles. The molecule has 15 heavy (non-hydrogen) atoms. The van der Waals surface area contributed by atoms with E-state index in [2.05, 4.69) is 6.58 Å². The Labute approximate surface area is 95.6 Å². The summed E-state index contributed by atoms with van der Waals surface area (Å²) >= 11 is 0. The third-order valence-electron chi connectivity index (χ3n) is 1.80. The average molecular weight is 231 g/mol. The Bertz CT molecular complexity index is 323. The minimum absolute atomic E-state index is 0. The topological polar surface area (TPSA) is 35.1 Å².